The van der Waals surface area contributed by atoms with Gasteiger partial charge in [0.1, 0.15) is 36.3 Å². The molecule has 0 aliphatic rings. The van der Waals surface area contributed by atoms with Crippen molar-refractivity contribution in [2.45, 2.75) is 86.1 Å². The Balaban J connectivity index is 2.49. The van der Waals surface area contributed by atoms with E-state index in [1.807, 2.05) is 41.5 Å². The predicted molar refractivity (Wildman–Crippen MR) is 194 cm³/mol. The number of ether oxygens (including phenoxy) is 6. The third kappa shape index (κ3) is 24.6. The highest BCUT2D eigenvalue weighted by Gasteiger charge is 2.14. The van der Waals surface area contributed by atoms with Gasteiger partial charge in [0.15, 0.2) is 11.6 Å². The Morgan fingerprint density at radius 3 is 1.39 bits per heavy atom. The van der Waals surface area contributed by atoms with E-state index in [1.54, 1.807) is 6.07 Å². The molecule has 0 spiro atoms. The first-order chi connectivity index (χ1) is 24.4. The van der Waals surface area contributed by atoms with Crippen LogP contribution in [-0.2, 0) is 38.1 Å². The fraction of sp³-hybridized carbons (Fsp3) is 0.711. The summed E-state index contributed by atoms with van der Waals surface area (Å²) in [5, 5.41) is 6.08. The number of nitrogens with one attached hydrogen (secondary N) is 2. The zero-order valence-electron chi connectivity index (χ0n) is 31.7. The van der Waals surface area contributed by atoms with E-state index in [-0.39, 0.29) is 90.0 Å². The summed E-state index contributed by atoms with van der Waals surface area (Å²) < 4.78 is 33.3. The number of carbonyl (C=O) groups is 5. The summed E-state index contributed by atoms with van der Waals surface area (Å²) >= 11 is 0. The fourth-order valence-corrected chi connectivity index (χ4v) is 4.29. The van der Waals surface area contributed by atoms with Gasteiger partial charge in [-0.1, -0.05) is 41.5 Å². The van der Waals surface area contributed by atoms with Gasteiger partial charge in [-0.05, 0) is 25.0 Å². The van der Waals surface area contributed by atoms with Crippen molar-refractivity contribution in [1.82, 2.24) is 10.6 Å². The van der Waals surface area contributed by atoms with Gasteiger partial charge in [0.2, 0.25) is 0 Å². The van der Waals surface area contributed by atoms with Crippen molar-refractivity contribution in [2.75, 3.05) is 79.2 Å². The molecule has 0 radical (unpaired) electrons. The minimum atomic E-state index is -0.339. The Morgan fingerprint density at radius 1 is 0.549 bits per heavy atom. The number of amides is 1. The van der Waals surface area contributed by atoms with E-state index in [0.29, 0.717) is 91.6 Å². The number of ketones is 4. The van der Waals surface area contributed by atoms with Crippen LogP contribution in [-0.4, -0.2) is 114 Å². The highest BCUT2D eigenvalue weighted by Crippen LogP contribution is 2.23. The van der Waals surface area contributed by atoms with Crippen LogP contribution in [0.3, 0.4) is 0 Å². The lowest BCUT2D eigenvalue weighted by molar-refractivity contribution is -0.123. The number of carbonyl (C=O) groups excluding carboxylic acids is 5. The molecule has 1 aromatic rings. The highest BCUT2D eigenvalue weighted by molar-refractivity contribution is 5.95. The summed E-state index contributed by atoms with van der Waals surface area (Å²) in [4.78, 5) is 61.1. The maximum absolute atomic E-state index is 12.9. The number of benzene rings is 1. The maximum Gasteiger partial charge on any atom is 0.251 e. The zero-order chi connectivity index (χ0) is 37.9. The lowest BCUT2D eigenvalue weighted by atomic mass is 10.1. The SMILES string of the molecule is CC(C)NCCNC(=O)c1cc(OCC(=O)CCCOCCOCCC(=O)C(C)C)cc(OCC(=O)CCCOCCOCCC(=O)C(C)C)c1. The molecule has 0 aliphatic carbocycles. The second-order valence-corrected chi connectivity index (χ2v) is 13.1. The molecule has 290 valence electrons. The average molecular weight is 723 g/mol. The van der Waals surface area contributed by atoms with Crippen LogP contribution in [0, 0.1) is 11.8 Å². The summed E-state index contributed by atoms with van der Waals surface area (Å²) in [6, 6.07) is 4.90. The van der Waals surface area contributed by atoms with Gasteiger partial charge in [-0.15, -0.1) is 0 Å². The van der Waals surface area contributed by atoms with Gasteiger partial charge in [-0.25, -0.2) is 0 Å². The summed E-state index contributed by atoms with van der Waals surface area (Å²) in [5.41, 5.74) is 0.278. The van der Waals surface area contributed by atoms with Crippen LogP contribution in [0.1, 0.15) is 90.4 Å². The van der Waals surface area contributed by atoms with Gasteiger partial charge >= 0.3 is 0 Å². The summed E-state index contributed by atoms with van der Waals surface area (Å²) in [6.45, 7) is 15.1. The van der Waals surface area contributed by atoms with E-state index in [9.17, 15) is 24.0 Å². The molecule has 13 heteroatoms. The molecular weight excluding hydrogens is 660 g/mol. The molecule has 13 nitrogen and oxygen atoms in total. The van der Waals surface area contributed by atoms with Crippen molar-refractivity contribution in [3.05, 3.63) is 23.8 Å². The zero-order valence-corrected chi connectivity index (χ0v) is 31.7. The molecule has 0 aromatic heterocycles. The molecule has 0 bridgehead atoms. The standard InChI is InChI=1S/C38H62N2O11/c1-28(2)36(43)11-17-48-21-19-46-15-7-9-32(41)26-50-34-23-31(38(45)40-14-13-39-30(5)6)24-35(25-34)51-27-33(42)10-8-16-47-20-22-49-18-12-37(44)29(3)4/h23-25,28-30,39H,7-22,26-27H2,1-6H3,(H,40,45). The molecule has 51 heavy (non-hydrogen) atoms. The first kappa shape index (κ1) is 45.8. The number of hydrogen-bond donors (Lipinski definition) is 2. The lowest BCUT2D eigenvalue weighted by Crippen LogP contribution is -2.34. The van der Waals surface area contributed by atoms with Crippen molar-refractivity contribution in [2.24, 2.45) is 11.8 Å². The molecule has 0 heterocycles. The second-order valence-electron chi connectivity index (χ2n) is 13.1. The minimum Gasteiger partial charge on any atom is -0.486 e. The van der Waals surface area contributed by atoms with E-state index in [2.05, 4.69) is 10.6 Å². The molecule has 1 rings (SSSR count). The van der Waals surface area contributed by atoms with Crippen LogP contribution in [0.4, 0.5) is 0 Å². The van der Waals surface area contributed by atoms with Crippen molar-refractivity contribution in [3.63, 3.8) is 0 Å². The molecule has 0 unspecified atom stereocenters. The van der Waals surface area contributed by atoms with E-state index < -0.39 is 0 Å². The lowest BCUT2D eigenvalue weighted by Gasteiger charge is -2.13. The van der Waals surface area contributed by atoms with Gasteiger partial charge in [0, 0.05) is 81.5 Å². The van der Waals surface area contributed by atoms with Gasteiger partial charge in [-0.3, -0.25) is 24.0 Å². The van der Waals surface area contributed by atoms with Crippen molar-refractivity contribution in [1.29, 1.82) is 0 Å². The van der Waals surface area contributed by atoms with Gasteiger partial charge in [-0.2, -0.15) is 0 Å². The first-order valence-corrected chi connectivity index (χ1v) is 18.2. The van der Waals surface area contributed by atoms with Crippen LogP contribution >= 0.6 is 0 Å². The normalized spacial score (nSPS) is 11.3. The Labute approximate surface area is 304 Å². The predicted octanol–water partition coefficient (Wildman–Crippen LogP) is 4.17. The average Bonchev–Trinajstić information content (AvgIpc) is 3.09. The molecule has 0 atom stereocenters. The van der Waals surface area contributed by atoms with Crippen molar-refractivity contribution >= 4 is 29.0 Å². The third-order valence-corrected chi connectivity index (χ3v) is 7.41. The Morgan fingerprint density at radius 2 is 0.980 bits per heavy atom. The number of hydrogen-bond acceptors (Lipinski definition) is 12. The smallest absolute Gasteiger partial charge is 0.251 e. The molecule has 0 saturated carbocycles. The quantitative estimate of drug-likeness (QED) is 0.0997. The van der Waals surface area contributed by atoms with Crippen LogP contribution in [0.25, 0.3) is 0 Å². The molecule has 0 saturated heterocycles. The number of Topliss-reactive ketones (excluding diaryl/α,β-unsaturated/α-hetero) is 4. The van der Waals surface area contributed by atoms with E-state index in [0.717, 1.165) is 0 Å². The first-order valence-electron chi connectivity index (χ1n) is 18.2. The van der Waals surface area contributed by atoms with E-state index in [4.69, 9.17) is 28.4 Å². The maximum atomic E-state index is 12.9. The van der Waals surface area contributed by atoms with Gasteiger partial charge in [0.05, 0.1) is 39.6 Å². The second kappa shape index (κ2) is 28.4. The molecule has 0 fully saturated rings. The van der Waals surface area contributed by atoms with Gasteiger partial charge < -0.3 is 39.1 Å². The highest BCUT2D eigenvalue weighted by atomic mass is 16.5. The minimum absolute atomic E-state index is 0.00293. The molecule has 0 aliphatic heterocycles. The topological polar surface area (TPSA) is 165 Å². The third-order valence-electron chi connectivity index (χ3n) is 7.41. The van der Waals surface area contributed by atoms with Crippen molar-refractivity contribution in [3.8, 4) is 11.5 Å². The largest absolute Gasteiger partial charge is 0.486 e. The fourth-order valence-electron chi connectivity index (χ4n) is 4.29. The summed E-state index contributed by atoms with van der Waals surface area (Å²) in [7, 11) is 0. The van der Waals surface area contributed by atoms with E-state index in [1.165, 1.54) is 12.1 Å². The monoisotopic (exact) mass is 722 g/mol. The molecule has 1 aromatic carbocycles. The van der Waals surface area contributed by atoms with Crippen LogP contribution in [0.2, 0.25) is 0 Å². The van der Waals surface area contributed by atoms with Crippen LogP contribution in [0.15, 0.2) is 18.2 Å². The summed E-state index contributed by atoms with van der Waals surface area (Å²) in [6.07, 6.45) is 2.30. The molecular formula is C38H62N2O11. The Bertz CT molecular complexity index is 1100. The van der Waals surface area contributed by atoms with Crippen LogP contribution < -0.4 is 20.1 Å². The summed E-state index contributed by atoms with van der Waals surface area (Å²) in [5.74, 6) is 0.273. The number of rotatable bonds is 33. The van der Waals surface area contributed by atoms with Crippen LogP contribution in [0.5, 0.6) is 11.5 Å². The van der Waals surface area contributed by atoms with E-state index >= 15 is 0 Å². The van der Waals surface area contributed by atoms with Gasteiger partial charge in [0.25, 0.3) is 5.91 Å². The Kier molecular flexibility index (Phi) is 25.5. The molecule has 1 amide bonds. The Hall–Kier alpha value is -3.23. The molecule has 2 N–H and O–H groups in total. The van der Waals surface area contributed by atoms with Crippen molar-refractivity contribution < 1.29 is 52.4 Å².